The van der Waals surface area contributed by atoms with E-state index in [1.165, 1.54) is 29.2 Å². The van der Waals surface area contributed by atoms with Gasteiger partial charge in [-0.05, 0) is 53.1 Å². The van der Waals surface area contributed by atoms with Crippen molar-refractivity contribution in [3.05, 3.63) is 48.0 Å². The molecule has 1 N–H and O–H groups in total. The number of benzene rings is 2. The van der Waals surface area contributed by atoms with Crippen LogP contribution in [0.2, 0.25) is 0 Å². The zero-order valence-corrected chi connectivity index (χ0v) is 12.8. The summed E-state index contributed by atoms with van der Waals surface area (Å²) in [5.41, 5.74) is 1.95. The van der Waals surface area contributed by atoms with E-state index < -0.39 is 0 Å². The Morgan fingerprint density at radius 1 is 1.15 bits per heavy atom. The van der Waals surface area contributed by atoms with E-state index in [4.69, 9.17) is 0 Å². The van der Waals surface area contributed by atoms with E-state index in [9.17, 15) is 0 Å². The van der Waals surface area contributed by atoms with Gasteiger partial charge in [0, 0.05) is 6.04 Å². The lowest BCUT2D eigenvalue weighted by Gasteiger charge is -2.21. The van der Waals surface area contributed by atoms with Gasteiger partial charge in [-0.3, -0.25) is 0 Å². The molecule has 3 rings (SSSR count). The predicted molar refractivity (Wildman–Crippen MR) is 86.9 cm³/mol. The number of hydrogen-bond donors (Lipinski definition) is 1. The smallest absolute Gasteiger partial charge is 0.0354 e. The van der Waals surface area contributed by atoms with Gasteiger partial charge in [-0.25, -0.2) is 0 Å². The lowest BCUT2D eigenvalue weighted by Crippen LogP contribution is -2.25. The van der Waals surface area contributed by atoms with E-state index in [2.05, 4.69) is 68.6 Å². The summed E-state index contributed by atoms with van der Waals surface area (Å²) in [6.45, 7) is 8.12. The normalized spacial score (nSPS) is 21.9. The highest BCUT2D eigenvalue weighted by atomic mass is 14.9. The second-order valence-corrected chi connectivity index (χ2v) is 6.84. The van der Waals surface area contributed by atoms with E-state index in [0.29, 0.717) is 11.5 Å². The Balaban J connectivity index is 1.92. The molecule has 1 aliphatic carbocycles. The van der Waals surface area contributed by atoms with Gasteiger partial charge in [0.2, 0.25) is 0 Å². The Labute approximate surface area is 122 Å². The third-order valence-corrected chi connectivity index (χ3v) is 4.74. The fourth-order valence-corrected chi connectivity index (χ4v) is 3.27. The Kier molecular flexibility index (Phi) is 3.55. The summed E-state index contributed by atoms with van der Waals surface area (Å²) in [6.07, 6.45) is 2.53. The molecule has 1 fully saturated rings. The molecule has 0 heterocycles. The van der Waals surface area contributed by atoms with E-state index >= 15 is 0 Å². The van der Waals surface area contributed by atoms with Crippen LogP contribution in [0.25, 0.3) is 10.8 Å². The van der Waals surface area contributed by atoms with Crippen LogP contribution >= 0.6 is 0 Å². The van der Waals surface area contributed by atoms with Crippen LogP contribution in [0.3, 0.4) is 0 Å². The van der Waals surface area contributed by atoms with Gasteiger partial charge in [0.15, 0.2) is 0 Å². The van der Waals surface area contributed by atoms with Gasteiger partial charge in [0.25, 0.3) is 0 Å². The first kappa shape index (κ1) is 13.6. The highest BCUT2D eigenvalue weighted by Gasteiger charge is 2.50. The molecule has 1 nitrogen and oxygen atoms in total. The van der Waals surface area contributed by atoms with Crippen molar-refractivity contribution < 1.29 is 0 Å². The minimum absolute atomic E-state index is 0.497. The Morgan fingerprint density at radius 3 is 2.50 bits per heavy atom. The first-order valence-electron chi connectivity index (χ1n) is 7.84. The maximum absolute atomic E-state index is 3.77. The molecule has 1 heteroatoms. The van der Waals surface area contributed by atoms with Crippen molar-refractivity contribution in [1.82, 2.24) is 5.32 Å². The summed E-state index contributed by atoms with van der Waals surface area (Å²) in [5.74, 6) is 0.773. The molecule has 1 saturated carbocycles. The van der Waals surface area contributed by atoms with E-state index in [-0.39, 0.29) is 0 Å². The fraction of sp³-hybridized carbons (Fsp3) is 0.474. The maximum atomic E-state index is 3.77. The number of fused-ring (bicyclic) bond motifs is 1. The van der Waals surface area contributed by atoms with Gasteiger partial charge in [-0.1, -0.05) is 57.2 Å². The van der Waals surface area contributed by atoms with Crippen molar-refractivity contribution in [2.45, 2.75) is 39.7 Å². The van der Waals surface area contributed by atoms with Crippen molar-refractivity contribution >= 4 is 10.8 Å². The summed E-state index contributed by atoms with van der Waals surface area (Å²) in [5, 5.41) is 6.46. The largest absolute Gasteiger partial charge is 0.310 e. The molecule has 0 saturated heterocycles. The molecule has 0 aromatic heterocycles. The number of hydrogen-bond acceptors (Lipinski definition) is 1. The van der Waals surface area contributed by atoms with Crippen molar-refractivity contribution in [3.63, 3.8) is 0 Å². The minimum atomic E-state index is 0.497. The highest BCUT2D eigenvalue weighted by Crippen LogP contribution is 2.57. The van der Waals surface area contributed by atoms with Crippen LogP contribution in [-0.4, -0.2) is 6.54 Å². The highest BCUT2D eigenvalue weighted by molar-refractivity contribution is 5.83. The monoisotopic (exact) mass is 267 g/mol. The molecule has 2 aromatic carbocycles. The second kappa shape index (κ2) is 5.21. The first-order valence-corrected chi connectivity index (χ1v) is 7.84. The maximum Gasteiger partial charge on any atom is 0.0354 e. The molecular formula is C19H25N. The molecule has 2 unspecified atom stereocenters. The van der Waals surface area contributed by atoms with Crippen LogP contribution in [0.1, 0.15) is 45.2 Å². The summed E-state index contributed by atoms with van der Waals surface area (Å²) >= 11 is 0. The summed E-state index contributed by atoms with van der Waals surface area (Å²) in [6, 6.07) is 16.1. The third kappa shape index (κ3) is 2.60. The first-order chi connectivity index (χ1) is 9.62. The van der Waals surface area contributed by atoms with Gasteiger partial charge in [-0.2, -0.15) is 0 Å². The third-order valence-electron chi connectivity index (χ3n) is 4.74. The quantitative estimate of drug-likeness (QED) is 0.810. The number of rotatable bonds is 5. The minimum Gasteiger partial charge on any atom is -0.310 e. The summed E-state index contributed by atoms with van der Waals surface area (Å²) < 4.78 is 0. The molecule has 0 bridgehead atoms. The van der Waals surface area contributed by atoms with Crippen molar-refractivity contribution in [2.75, 3.05) is 6.54 Å². The second-order valence-electron chi connectivity index (χ2n) is 6.84. The van der Waals surface area contributed by atoms with E-state index in [1.54, 1.807) is 0 Å². The lowest BCUT2D eigenvalue weighted by molar-refractivity contribution is 0.416. The Hall–Kier alpha value is -1.34. The van der Waals surface area contributed by atoms with Gasteiger partial charge < -0.3 is 5.32 Å². The van der Waals surface area contributed by atoms with Crippen LogP contribution in [0, 0.1) is 11.3 Å². The van der Waals surface area contributed by atoms with E-state index in [1.807, 2.05) is 0 Å². The van der Waals surface area contributed by atoms with Crippen LogP contribution in [0.4, 0.5) is 0 Å². The van der Waals surface area contributed by atoms with Crippen molar-refractivity contribution in [3.8, 4) is 0 Å². The average molecular weight is 267 g/mol. The molecule has 2 aromatic rings. The van der Waals surface area contributed by atoms with Gasteiger partial charge in [-0.15, -0.1) is 0 Å². The molecule has 20 heavy (non-hydrogen) atoms. The zero-order valence-electron chi connectivity index (χ0n) is 12.8. The van der Waals surface area contributed by atoms with Crippen LogP contribution < -0.4 is 5.32 Å². The van der Waals surface area contributed by atoms with Crippen LogP contribution in [-0.2, 0) is 0 Å². The molecule has 0 spiro atoms. The van der Waals surface area contributed by atoms with Crippen molar-refractivity contribution in [1.29, 1.82) is 0 Å². The van der Waals surface area contributed by atoms with Gasteiger partial charge in [0.1, 0.15) is 0 Å². The van der Waals surface area contributed by atoms with Crippen molar-refractivity contribution in [2.24, 2.45) is 11.3 Å². The topological polar surface area (TPSA) is 12.0 Å². The van der Waals surface area contributed by atoms with Crippen LogP contribution in [0.15, 0.2) is 42.5 Å². The molecule has 0 radical (unpaired) electrons. The number of nitrogens with one attached hydrogen (secondary N) is 1. The zero-order chi connectivity index (χ0) is 14.2. The Bertz CT molecular complexity index is 599. The predicted octanol–water partition coefficient (Wildman–Crippen LogP) is 4.93. The SMILES string of the molecule is CCCNC(c1ccc2ccccc2c1)C1CC1(C)C. The Morgan fingerprint density at radius 2 is 1.85 bits per heavy atom. The van der Waals surface area contributed by atoms with Crippen LogP contribution in [0.5, 0.6) is 0 Å². The standard InChI is InChI=1S/C19H25N/c1-4-11-20-18(17-13-19(17,2)3)16-10-9-14-7-5-6-8-15(14)12-16/h5-10,12,17-18,20H,4,11,13H2,1-3H3. The fourth-order valence-electron chi connectivity index (χ4n) is 3.27. The summed E-state index contributed by atoms with van der Waals surface area (Å²) in [4.78, 5) is 0. The molecular weight excluding hydrogens is 242 g/mol. The van der Waals surface area contributed by atoms with Gasteiger partial charge >= 0.3 is 0 Å². The average Bonchev–Trinajstić information content (AvgIpc) is 3.08. The molecule has 0 amide bonds. The lowest BCUT2D eigenvalue weighted by atomic mass is 9.95. The summed E-state index contributed by atoms with van der Waals surface area (Å²) in [7, 11) is 0. The van der Waals surface area contributed by atoms with E-state index in [0.717, 1.165) is 12.5 Å². The van der Waals surface area contributed by atoms with Gasteiger partial charge in [0.05, 0.1) is 0 Å². The molecule has 0 aliphatic heterocycles. The molecule has 1 aliphatic rings. The molecule has 106 valence electrons. The molecule has 2 atom stereocenters.